The van der Waals surface area contributed by atoms with E-state index in [9.17, 15) is 9.59 Å². The molecule has 0 aliphatic rings. The van der Waals surface area contributed by atoms with E-state index in [1.165, 1.54) is 18.2 Å². The molecule has 0 aliphatic carbocycles. The van der Waals surface area contributed by atoms with E-state index in [2.05, 4.69) is 0 Å². The molecular weight excluding hydrogens is 271 g/mol. The van der Waals surface area contributed by atoms with E-state index in [0.717, 1.165) is 0 Å². The zero-order chi connectivity index (χ0) is 13.1. The molecule has 2 nitrogen and oxygen atoms in total. The zero-order valence-corrected chi connectivity index (χ0v) is 10.7. The van der Waals surface area contributed by atoms with Crippen LogP contribution in [0.25, 0.3) is 0 Å². The maximum atomic E-state index is 12.0. The van der Waals surface area contributed by atoms with Gasteiger partial charge in [0.1, 0.15) is 0 Å². The molecule has 0 radical (unpaired) electrons. The second kappa shape index (κ2) is 5.34. The molecule has 0 heterocycles. The van der Waals surface area contributed by atoms with Crippen LogP contribution in [-0.4, -0.2) is 11.6 Å². The summed E-state index contributed by atoms with van der Waals surface area (Å²) in [6, 6.07) is 12.7. The first-order valence-corrected chi connectivity index (χ1v) is 5.93. The van der Waals surface area contributed by atoms with Crippen LogP contribution in [0.2, 0.25) is 10.0 Å². The molecule has 0 aliphatic heterocycles. The summed E-state index contributed by atoms with van der Waals surface area (Å²) in [6.07, 6.45) is 0. The van der Waals surface area contributed by atoms with Crippen molar-refractivity contribution in [1.82, 2.24) is 0 Å². The third kappa shape index (κ3) is 2.78. The van der Waals surface area contributed by atoms with E-state index in [-0.39, 0.29) is 5.56 Å². The smallest absolute Gasteiger partial charge is 0.233 e. The lowest BCUT2D eigenvalue weighted by molar-refractivity contribution is 0.0817. The highest BCUT2D eigenvalue weighted by Crippen LogP contribution is 2.20. The van der Waals surface area contributed by atoms with Gasteiger partial charge in [-0.25, -0.2) is 0 Å². The molecule has 2 aromatic rings. The fourth-order valence-corrected chi connectivity index (χ4v) is 2.06. The van der Waals surface area contributed by atoms with Gasteiger partial charge in [-0.1, -0.05) is 53.5 Å². The van der Waals surface area contributed by atoms with Gasteiger partial charge in [0.25, 0.3) is 0 Å². The van der Waals surface area contributed by atoms with Crippen molar-refractivity contribution in [3.63, 3.8) is 0 Å². The largest absolute Gasteiger partial charge is 0.285 e. The first kappa shape index (κ1) is 12.8. The molecule has 0 N–H and O–H groups in total. The predicted octanol–water partition coefficient (Wildman–Crippen LogP) is 4.06. The summed E-state index contributed by atoms with van der Waals surface area (Å²) >= 11 is 11.6. The average Bonchev–Trinajstić information content (AvgIpc) is 2.37. The molecular formula is C14H8Cl2O2. The number of halogens is 2. The number of rotatable bonds is 3. The van der Waals surface area contributed by atoms with Crippen LogP contribution in [0.15, 0.2) is 48.5 Å². The molecule has 18 heavy (non-hydrogen) atoms. The fourth-order valence-electron chi connectivity index (χ4n) is 1.54. The molecule has 0 aromatic heterocycles. The second-order valence-electron chi connectivity index (χ2n) is 3.68. The molecule has 0 saturated carbocycles. The van der Waals surface area contributed by atoms with Crippen LogP contribution < -0.4 is 0 Å². The first-order valence-electron chi connectivity index (χ1n) is 5.18. The van der Waals surface area contributed by atoms with Gasteiger partial charge in [-0.3, -0.25) is 9.59 Å². The molecule has 0 unspecified atom stereocenters. The van der Waals surface area contributed by atoms with Crippen LogP contribution in [-0.2, 0) is 0 Å². The minimum absolute atomic E-state index is 0.196. The lowest BCUT2D eigenvalue weighted by atomic mass is 10.0. The molecule has 0 amide bonds. The predicted molar refractivity (Wildman–Crippen MR) is 71.6 cm³/mol. The van der Waals surface area contributed by atoms with Crippen molar-refractivity contribution < 1.29 is 9.59 Å². The summed E-state index contributed by atoms with van der Waals surface area (Å²) in [7, 11) is 0. The molecule has 4 heteroatoms. The lowest BCUT2D eigenvalue weighted by Gasteiger charge is -2.02. The van der Waals surface area contributed by atoms with E-state index < -0.39 is 11.6 Å². The third-order valence-electron chi connectivity index (χ3n) is 2.37. The number of hydrogen-bond donors (Lipinski definition) is 0. The highest BCUT2D eigenvalue weighted by atomic mass is 35.5. The SMILES string of the molecule is O=C(C(=O)c1cc(Cl)cc(Cl)c1)c1ccccc1. The van der Waals surface area contributed by atoms with Crippen molar-refractivity contribution in [2.75, 3.05) is 0 Å². The summed E-state index contributed by atoms with van der Waals surface area (Å²) in [4.78, 5) is 23.9. The van der Waals surface area contributed by atoms with E-state index in [0.29, 0.717) is 15.6 Å². The van der Waals surface area contributed by atoms with E-state index in [4.69, 9.17) is 23.2 Å². The molecule has 0 bridgehead atoms. The van der Waals surface area contributed by atoms with Crippen LogP contribution in [0.5, 0.6) is 0 Å². The molecule has 0 saturated heterocycles. The zero-order valence-electron chi connectivity index (χ0n) is 9.19. The number of hydrogen-bond acceptors (Lipinski definition) is 2. The quantitative estimate of drug-likeness (QED) is 0.627. The number of Topliss-reactive ketones (excluding diaryl/α,β-unsaturated/α-hetero) is 2. The summed E-state index contributed by atoms with van der Waals surface area (Å²) in [6.45, 7) is 0. The Kier molecular flexibility index (Phi) is 3.80. The highest BCUT2D eigenvalue weighted by molar-refractivity contribution is 6.50. The van der Waals surface area contributed by atoms with Gasteiger partial charge in [-0.2, -0.15) is 0 Å². The highest BCUT2D eigenvalue weighted by Gasteiger charge is 2.18. The van der Waals surface area contributed by atoms with Gasteiger partial charge in [-0.15, -0.1) is 0 Å². The van der Waals surface area contributed by atoms with Crippen LogP contribution in [0, 0.1) is 0 Å². The maximum Gasteiger partial charge on any atom is 0.233 e. The normalized spacial score (nSPS) is 10.1. The van der Waals surface area contributed by atoms with E-state index >= 15 is 0 Å². The summed E-state index contributed by atoms with van der Waals surface area (Å²) in [5.41, 5.74) is 0.542. The Labute approximate surface area is 114 Å². The summed E-state index contributed by atoms with van der Waals surface area (Å²) in [5, 5.41) is 0.651. The summed E-state index contributed by atoms with van der Waals surface area (Å²) < 4.78 is 0. The Morgan fingerprint density at radius 1 is 0.722 bits per heavy atom. The van der Waals surface area contributed by atoms with Crippen molar-refractivity contribution >= 4 is 34.8 Å². The van der Waals surface area contributed by atoms with Crippen LogP contribution in [0.3, 0.4) is 0 Å². The van der Waals surface area contributed by atoms with Gasteiger partial charge < -0.3 is 0 Å². The number of carbonyl (C=O) groups excluding carboxylic acids is 2. The Hall–Kier alpha value is -1.64. The van der Waals surface area contributed by atoms with Gasteiger partial charge >= 0.3 is 0 Å². The molecule has 2 rings (SSSR count). The first-order chi connectivity index (χ1) is 8.58. The molecule has 2 aromatic carbocycles. The fraction of sp³-hybridized carbons (Fsp3) is 0. The molecule has 0 atom stereocenters. The van der Waals surface area contributed by atoms with Gasteiger partial charge in [0.05, 0.1) is 0 Å². The third-order valence-corrected chi connectivity index (χ3v) is 2.80. The standard InChI is InChI=1S/C14H8Cl2O2/c15-11-6-10(7-12(16)8-11)14(18)13(17)9-4-2-1-3-5-9/h1-8H. The Balaban J connectivity index is 2.35. The Morgan fingerprint density at radius 2 is 1.22 bits per heavy atom. The van der Waals surface area contributed by atoms with E-state index in [1.54, 1.807) is 30.3 Å². The number of ketones is 2. The van der Waals surface area contributed by atoms with Crippen molar-refractivity contribution in [1.29, 1.82) is 0 Å². The van der Waals surface area contributed by atoms with Crippen molar-refractivity contribution in [3.8, 4) is 0 Å². The number of benzene rings is 2. The average molecular weight is 279 g/mol. The minimum atomic E-state index is -0.620. The Bertz CT molecular complexity index is 586. The molecule has 90 valence electrons. The lowest BCUT2D eigenvalue weighted by Crippen LogP contribution is -2.14. The van der Waals surface area contributed by atoms with Crippen LogP contribution in [0.1, 0.15) is 20.7 Å². The molecule has 0 spiro atoms. The number of carbonyl (C=O) groups is 2. The second-order valence-corrected chi connectivity index (χ2v) is 4.56. The minimum Gasteiger partial charge on any atom is -0.285 e. The molecule has 0 fully saturated rings. The Morgan fingerprint density at radius 3 is 1.78 bits per heavy atom. The monoisotopic (exact) mass is 278 g/mol. The topological polar surface area (TPSA) is 34.1 Å². The maximum absolute atomic E-state index is 12.0. The van der Waals surface area contributed by atoms with E-state index in [1.807, 2.05) is 0 Å². The van der Waals surface area contributed by atoms with Gasteiger partial charge in [-0.05, 0) is 18.2 Å². The van der Waals surface area contributed by atoms with Crippen molar-refractivity contribution in [2.24, 2.45) is 0 Å². The van der Waals surface area contributed by atoms with Gasteiger partial charge in [0.2, 0.25) is 11.6 Å². The summed E-state index contributed by atoms with van der Waals surface area (Å²) in [5.74, 6) is -1.19. The van der Waals surface area contributed by atoms with Crippen molar-refractivity contribution in [3.05, 3.63) is 69.7 Å². The van der Waals surface area contributed by atoms with Crippen molar-refractivity contribution in [2.45, 2.75) is 0 Å². The van der Waals surface area contributed by atoms with Crippen LogP contribution >= 0.6 is 23.2 Å². The van der Waals surface area contributed by atoms with Gasteiger partial charge in [0.15, 0.2) is 0 Å². The van der Waals surface area contributed by atoms with Crippen LogP contribution in [0.4, 0.5) is 0 Å². The van der Waals surface area contributed by atoms with Gasteiger partial charge in [0, 0.05) is 21.2 Å².